The molecule has 0 saturated carbocycles. The molecule has 1 aliphatic heterocycles. The molecule has 0 radical (unpaired) electrons. The van der Waals surface area contributed by atoms with E-state index in [2.05, 4.69) is 15.6 Å². The Bertz CT molecular complexity index is 737. The number of rotatable bonds is 5. The smallest absolute Gasteiger partial charge is 0.319 e. The van der Waals surface area contributed by atoms with Gasteiger partial charge in [-0.2, -0.15) is 0 Å². The predicted molar refractivity (Wildman–Crippen MR) is 93.5 cm³/mol. The summed E-state index contributed by atoms with van der Waals surface area (Å²) in [5.74, 6) is 2.01. The zero-order chi connectivity index (χ0) is 17.6. The first-order chi connectivity index (χ1) is 12.1. The van der Waals surface area contributed by atoms with Crippen LogP contribution in [0.5, 0.6) is 17.2 Å². The van der Waals surface area contributed by atoms with E-state index in [-0.39, 0.29) is 12.1 Å². The van der Waals surface area contributed by atoms with Gasteiger partial charge in [-0.3, -0.25) is 4.98 Å². The average molecular weight is 343 g/mol. The van der Waals surface area contributed by atoms with Crippen molar-refractivity contribution in [3.8, 4) is 17.2 Å². The third-order valence-corrected chi connectivity index (χ3v) is 3.66. The Kier molecular flexibility index (Phi) is 5.23. The van der Waals surface area contributed by atoms with Crippen LogP contribution in [-0.4, -0.2) is 36.9 Å². The average Bonchev–Trinajstić information content (AvgIpc) is 2.61. The maximum absolute atomic E-state index is 12.1. The van der Waals surface area contributed by atoms with Crippen LogP contribution in [0.15, 0.2) is 36.7 Å². The number of anilines is 1. The molecule has 2 heterocycles. The lowest BCUT2D eigenvalue weighted by Gasteiger charge is -2.21. The number of fused-ring (bicyclic) bond motifs is 1. The maximum atomic E-state index is 12.1. The first-order valence-electron chi connectivity index (χ1n) is 8.13. The molecule has 1 aromatic heterocycles. The molecule has 1 atom stereocenters. The number of benzene rings is 1. The minimum atomic E-state index is -0.304. The minimum Gasteiger partial charge on any atom is -0.487 e. The Morgan fingerprint density at radius 3 is 2.80 bits per heavy atom. The molecular weight excluding hydrogens is 322 g/mol. The third-order valence-electron chi connectivity index (χ3n) is 3.66. The molecular formula is C18H21N3O4. The highest BCUT2D eigenvalue weighted by Gasteiger charge is 2.15. The number of urea groups is 1. The largest absolute Gasteiger partial charge is 0.487 e. The Labute approximate surface area is 146 Å². The van der Waals surface area contributed by atoms with E-state index in [1.807, 2.05) is 26.0 Å². The standard InChI is InChI=1S/C18H21N3O4/c1-12-8-16-17(24-7-6-23-16)9-15(12)21-18(22)20-10-13(2)25-14-4-3-5-19-11-14/h3-5,8-9,11,13H,6-7,10H2,1-2H3,(H2,20,21,22). The summed E-state index contributed by atoms with van der Waals surface area (Å²) >= 11 is 0. The highest BCUT2D eigenvalue weighted by atomic mass is 16.6. The highest BCUT2D eigenvalue weighted by Crippen LogP contribution is 2.35. The van der Waals surface area contributed by atoms with E-state index in [1.54, 1.807) is 24.5 Å². The topological polar surface area (TPSA) is 81.7 Å². The van der Waals surface area contributed by atoms with Gasteiger partial charge in [-0.15, -0.1) is 0 Å². The SMILES string of the molecule is Cc1cc2c(cc1NC(=O)NCC(C)Oc1cccnc1)OCCO2. The van der Waals surface area contributed by atoms with Crippen molar-refractivity contribution in [1.82, 2.24) is 10.3 Å². The van der Waals surface area contributed by atoms with E-state index in [9.17, 15) is 4.79 Å². The lowest BCUT2D eigenvalue weighted by atomic mass is 10.1. The van der Waals surface area contributed by atoms with E-state index in [1.165, 1.54) is 0 Å². The third kappa shape index (κ3) is 4.53. The Balaban J connectivity index is 1.52. The van der Waals surface area contributed by atoms with Crippen LogP contribution in [-0.2, 0) is 0 Å². The molecule has 0 aliphatic carbocycles. The number of aromatic nitrogens is 1. The number of amides is 2. The molecule has 3 rings (SSSR count). The molecule has 7 heteroatoms. The number of ether oxygens (including phenoxy) is 3. The van der Waals surface area contributed by atoms with Crippen LogP contribution in [0.3, 0.4) is 0 Å². The van der Waals surface area contributed by atoms with Gasteiger partial charge in [0.2, 0.25) is 0 Å². The number of carbonyl (C=O) groups is 1. The molecule has 7 nitrogen and oxygen atoms in total. The lowest BCUT2D eigenvalue weighted by Crippen LogP contribution is -2.36. The van der Waals surface area contributed by atoms with Gasteiger partial charge in [0, 0.05) is 18.0 Å². The quantitative estimate of drug-likeness (QED) is 0.872. The highest BCUT2D eigenvalue weighted by molar-refractivity contribution is 5.90. The fraction of sp³-hybridized carbons (Fsp3) is 0.333. The number of pyridine rings is 1. The van der Waals surface area contributed by atoms with Crippen LogP contribution in [0.2, 0.25) is 0 Å². The molecule has 2 aromatic rings. The number of hydrogen-bond donors (Lipinski definition) is 2. The fourth-order valence-electron chi connectivity index (χ4n) is 2.42. The summed E-state index contributed by atoms with van der Waals surface area (Å²) in [6, 6.07) is 6.95. The second-order valence-electron chi connectivity index (χ2n) is 5.76. The van der Waals surface area contributed by atoms with E-state index in [0.717, 1.165) is 5.56 Å². The first kappa shape index (κ1) is 16.9. The predicted octanol–water partition coefficient (Wildman–Crippen LogP) is 2.75. The zero-order valence-corrected chi connectivity index (χ0v) is 14.2. The summed E-state index contributed by atoms with van der Waals surface area (Å²) in [6.45, 7) is 5.19. The zero-order valence-electron chi connectivity index (χ0n) is 14.2. The van der Waals surface area contributed by atoms with Crippen LogP contribution >= 0.6 is 0 Å². The van der Waals surface area contributed by atoms with Gasteiger partial charge in [0.1, 0.15) is 25.1 Å². The van der Waals surface area contributed by atoms with E-state index in [4.69, 9.17) is 14.2 Å². The van der Waals surface area contributed by atoms with Crippen LogP contribution in [0.1, 0.15) is 12.5 Å². The van der Waals surface area contributed by atoms with E-state index < -0.39 is 0 Å². The van der Waals surface area contributed by atoms with Crippen molar-refractivity contribution in [2.45, 2.75) is 20.0 Å². The number of nitrogens with zero attached hydrogens (tertiary/aromatic N) is 1. The molecule has 1 aromatic carbocycles. The van der Waals surface area contributed by atoms with Crippen molar-refractivity contribution in [1.29, 1.82) is 0 Å². The van der Waals surface area contributed by atoms with E-state index in [0.29, 0.717) is 42.7 Å². The molecule has 1 aliphatic rings. The van der Waals surface area contributed by atoms with Gasteiger partial charge in [-0.05, 0) is 37.6 Å². The van der Waals surface area contributed by atoms with Crippen LogP contribution in [0.4, 0.5) is 10.5 Å². The molecule has 132 valence electrons. The van der Waals surface area contributed by atoms with Crippen LogP contribution in [0.25, 0.3) is 0 Å². The van der Waals surface area contributed by atoms with Crippen molar-refractivity contribution in [2.24, 2.45) is 0 Å². The molecule has 1 unspecified atom stereocenters. The molecule has 25 heavy (non-hydrogen) atoms. The Hall–Kier alpha value is -2.96. The lowest BCUT2D eigenvalue weighted by molar-refractivity contribution is 0.171. The number of nitrogens with one attached hydrogen (secondary N) is 2. The van der Waals surface area contributed by atoms with Crippen LogP contribution < -0.4 is 24.8 Å². The summed E-state index contributed by atoms with van der Waals surface area (Å²) in [5.41, 5.74) is 1.58. The summed E-state index contributed by atoms with van der Waals surface area (Å²) in [4.78, 5) is 16.1. The van der Waals surface area contributed by atoms with Gasteiger partial charge in [0.05, 0.1) is 12.7 Å². The van der Waals surface area contributed by atoms with Crippen molar-refractivity contribution in [2.75, 3.05) is 25.1 Å². The fourth-order valence-corrected chi connectivity index (χ4v) is 2.42. The molecule has 2 N–H and O–H groups in total. The summed E-state index contributed by atoms with van der Waals surface area (Å²) in [6.07, 6.45) is 3.13. The normalized spacial score (nSPS) is 13.7. The van der Waals surface area contributed by atoms with Gasteiger partial charge in [0.25, 0.3) is 0 Å². The van der Waals surface area contributed by atoms with Crippen LogP contribution in [0, 0.1) is 6.92 Å². The van der Waals surface area contributed by atoms with Gasteiger partial charge in [-0.25, -0.2) is 4.79 Å². The maximum Gasteiger partial charge on any atom is 0.319 e. The number of hydrogen-bond acceptors (Lipinski definition) is 5. The molecule has 0 fully saturated rings. The number of carbonyl (C=O) groups excluding carboxylic acids is 1. The van der Waals surface area contributed by atoms with Gasteiger partial charge in [-0.1, -0.05) is 0 Å². The van der Waals surface area contributed by atoms with Crippen molar-refractivity contribution in [3.05, 3.63) is 42.2 Å². The van der Waals surface area contributed by atoms with Crippen molar-refractivity contribution >= 4 is 11.7 Å². The second kappa shape index (κ2) is 7.74. The molecule has 2 amide bonds. The molecule has 0 bridgehead atoms. The first-order valence-corrected chi connectivity index (χ1v) is 8.13. The van der Waals surface area contributed by atoms with Gasteiger partial charge in [0.15, 0.2) is 11.5 Å². The summed E-state index contributed by atoms with van der Waals surface area (Å²) in [5, 5.41) is 5.62. The Morgan fingerprint density at radius 1 is 1.32 bits per heavy atom. The van der Waals surface area contributed by atoms with Gasteiger partial charge >= 0.3 is 6.03 Å². The van der Waals surface area contributed by atoms with Crippen molar-refractivity contribution < 1.29 is 19.0 Å². The molecule has 0 saturated heterocycles. The second-order valence-corrected chi connectivity index (χ2v) is 5.76. The summed E-state index contributed by atoms with van der Waals surface area (Å²) < 4.78 is 16.7. The summed E-state index contributed by atoms with van der Waals surface area (Å²) in [7, 11) is 0. The number of aryl methyl sites for hydroxylation is 1. The monoisotopic (exact) mass is 343 g/mol. The van der Waals surface area contributed by atoms with Crippen molar-refractivity contribution in [3.63, 3.8) is 0 Å². The molecule has 0 spiro atoms. The van der Waals surface area contributed by atoms with Gasteiger partial charge < -0.3 is 24.8 Å². The van der Waals surface area contributed by atoms with E-state index >= 15 is 0 Å². The minimum absolute atomic E-state index is 0.184. The Morgan fingerprint density at radius 2 is 2.08 bits per heavy atom.